The molecule has 0 fully saturated rings. The predicted octanol–water partition coefficient (Wildman–Crippen LogP) is -6.39. The van der Waals surface area contributed by atoms with Gasteiger partial charge in [0.1, 0.15) is 0 Å². The first-order valence-electron chi connectivity index (χ1n) is 3.65. The van der Waals surface area contributed by atoms with Crippen LogP contribution in [0.4, 0.5) is 0 Å². The van der Waals surface area contributed by atoms with Crippen molar-refractivity contribution in [2.75, 3.05) is 0 Å². The van der Waals surface area contributed by atoms with Gasteiger partial charge in [-0.2, -0.15) is 0 Å². The SMILES string of the molecule is CC1=C(C)C(C)[PH]([Zr+3])=C1C.[Cl-].[Cl-].[Cl-]. The third kappa shape index (κ3) is 4.04. The van der Waals surface area contributed by atoms with Gasteiger partial charge in [0.05, 0.1) is 0 Å². The van der Waals surface area contributed by atoms with Crippen LogP contribution in [0.25, 0.3) is 0 Å². The van der Waals surface area contributed by atoms with E-state index in [-0.39, 0.29) is 42.1 Å². The first-order valence-corrected chi connectivity index (χ1v) is 8.92. The number of rotatable bonds is 0. The Morgan fingerprint density at radius 2 is 1.46 bits per heavy atom. The van der Waals surface area contributed by atoms with E-state index in [4.69, 9.17) is 0 Å². The van der Waals surface area contributed by atoms with Gasteiger partial charge < -0.3 is 37.2 Å². The molecule has 0 spiro atoms. The van der Waals surface area contributed by atoms with Crippen molar-refractivity contribution in [1.82, 2.24) is 0 Å². The maximum absolute atomic E-state index is 2.39. The fraction of sp³-hybridized carbons (Fsp3) is 0.625. The Bertz CT molecular complexity index is 212. The van der Waals surface area contributed by atoms with Crippen LogP contribution in [0, 0.1) is 0 Å². The van der Waals surface area contributed by atoms with Crippen LogP contribution in [0.15, 0.2) is 11.1 Å². The molecule has 0 radical (unpaired) electrons. The van der Waals surface area contributed by atoms with E-state index >= 15 is 0 Å². The molecular formula is C8H14Cl3PZr. The van der Waals surface area contributed by atoms with Crippen molar-refractivity contribution >= 4 is 10.1 Å². The van der Waals surface area contributed by atoms with Crippen molar-refractivity contribution in [2.24, 2.45) is 0 Å². The van der Waals surface area contributed by atoms with Crippen LogP contribution in [0.3, 0.4) is 0 Å². The second-order valence-electron chi connectivity index (χ2n) is 3.07. The van der Waals surface area contributed by atoms with Crippen LogP contribution in [0.2, 0.25) is 0 Å². The van der Waals surface area contributed by atoms with E-state index in [0.29, 0.717) is 0 Å². The van der Waals surface area contributed by atoms with Crippen molar-refractivity contribution in [1.29, 1.82) is 0 Å². The van der Waals surface area contributed by atoms with E-state index in [0.717, 1.165) is 5.66 Å². The monoisotopic (exact) mass is 336 g/mol. The summed E-state index contributed by atoms with van der Waals surface area (Å²) in [5, 5.41) is 1.73. The summed E-state index contributed by atoms with van der Waals surface area (Å²) in [4.78, 5) is -0.0772. The number of hydrogen-bond acceptors (Lipinski definition) is 0. The van der Waals surface area contributed by atoms with Crippen LogP contribution in [0.5, 0.6) is 0 Å². The van der Waals surface area contributed by atoms with Gasteiger partial charge >= 0.3 is 78.8 Å². The van der Waals surface area contributed by atoms with Crippen molar-refractivity contribution in [2.45, 2.75) is 33.4 Å². The quantitative estimate of drug-likeness (QED) is 0.386. The van der Waals surface area contributed by atoms with Crippen molar-refractivity contribution < 1.29 is 61.4 Å². The molecule has 2 atom stereocenters. The second-order valence-corrected chi connectivity index (χ2v) is 9.48. The van der Waals surface area contributed by atoms with Crippen LogP contribution in [-0.2, 0) is 24.1 Å². The molecule has 0 saturated carbocycles. The van der Waals surface area contributed by atoms with E-state index in [1.165, 1.54) is 0 Å². The Hall–Kier alpha value is 1.79. The van der Waals surface area contributed by atoms with Gasteiger partial charge in [-0.1, -0.05) is 0 Å². The molecule has 1 heterocycles. The number of halogens is 3. The summed E-state index contributed by atoms with van der Waals surface area (Å²) < 4.78 is 0. The first-order chi connectivity index (χ1) is 4.55. The van der Waals surface area contributed by atoms with Gasteiger partial charge in [-0.25, -0.2) is 0 Å². The van der Waals surface area contributed by atoms with Crippen molar-refractivity contribution in [3.63, 3.8) is 0 Å². The Kier molecular flexibility index (Phi) is 12.5. The summed E-state index contributed by atoms with van der Waals surface area (Å²) in [6.07, 6.45) is 0. The van der Waals surface area contributed by atoms with Crippen LogP contribution >= 0.6 is 4.84 Å². The third-order valence-corrected chi connectivity index (χ3v) is 11.1. The van der Waals surface area contributed by atoms with E-state index in [1.807, 2.05) is 0 Å². The molecule has 1 aliphatic rings. The molecule has 0 aromatic carbocycles. The summed E-state index contributed by atoms with van der Waals surface area (Å²) in [5.74, 6) is 0. The Morgan fingerprint density at radius 3 is 1.54 bits per heavy atom. The molecule has 0 aromatic heterocycles. The Morgan fingerprint density at radius 1 is 1.08 bits per heavy atom. The third-order valence-electron chi connectivity index (χ3n) is 2.64. The fourth-order valence-electron chi connectivity index (χ4n) is 1.36. The topological polar surface area (TPSA) is 0 Å². The Labute approximate surface area is 115 Å². The molecule has 0 saturated heterocycles. The van der Waals surface area contributed by atoms with Crippen LogP contribution in [-0.4, -0.2) is 11.0 Å². The number of hydrogen-bond donors (Lipinski definition) is 0. The van der Waals surface area contributed by atoms with E-state index < -0.39 is 0 Å². The van der Waals surface area contributed by atoms with E-state index in [1.54, 1.807) is 40.6 Å². The molecule has 13 heavy (non-hydrogen) atoms. The van der Waals surface area contributed by atoms with Crippen LogP contribution in [0.1, 0.15) is 27.7 Å². The minimum Gasteiger partial charge on any atom is -1.00 e. The fourth-order valence-corrected chi connectivity index (χ4v) is 6.24. The second kappa shape index (κ2) is 8.00. The maximum atomic E-state index is 2.39. The van der Waals surface area contributed by atoms with E-state index in [9.17, 15) is 0 Å². The normalized spacial score (nSPS) is 26.2. The van der Waals surface area contributed by atoms with Gasteiger partial charge in [-0.3, -0.25) is 0 Å². The zero-order chi connectivity index (χ0) is 7.89. The van der Waals surface area contributed by atoms with Crippen molar-refractivity contribution in [3.05, 3.63) is 11.1 Å². The average Bonchev–Trinajstić information content (AvgIpc) is 2.07. The minimum atomic E-state index is -0.0772. The first kappa shape index (κ1) is 20.2. The van der Waals surface area contributed by atoms with Gasteiger partial charge in [0.25, 0.3) is 0 Å². The molecule has 0 amide bonds. The zero-order valence-corrected chi connectivity index (χ0v) is 13.9. The largest absolute Gasteiger partial charge is 1.00 e. The molecule has 1 rings (SSSR count). The molecule has 0 aliphatic carbocycles. The molecule has 2 unspecified atom stereocenters. The standard InChI is InChI=1S/C8H13P.3ClH.Zr/c1-5-6(2)8(4)9-7(5)3;;;;/h7H,1-4H3;3*1H;/q;;;;+2/p-2. The van der Waals surface area contributed by atoms with Gasteiger partial charge in [-0.15, -0.1) is 0 Å². The zero-order valence-electron chi connectivity index (χ0n) is 8.21. The van der Waals surface area contributed by atoms with Gasteiger partial charge in [0.2, 0.25) is 0 Å². The minimum absolute atomic E-state index is 0. The summed E-state index contributed by atoms with van der Waals surface area (Å²) >= 11 is 1.77. The smallest absolute Gasteiger partial charge is 1.00 e. The van der Waals surface area contributed by atoms with Gasteiger partial charge in [0.15, 0.2) is 0 Å². The molecule has 0 N–H and O–H groups in total. The molecule has 0 aromatic rings. The predicted molar refractivity (Wildman–Crippen MR) is 46.8 cm³/mol. The van der Waals surface area contributed by atoms with Gasteiger partial charge in [0, 0.05) is 0 Å². The number of allylic oxidation sites excluding steroid dienone is 2. The summed E-state index contributed by atoms with van der Waals surface area (Å²) in [6.45, 7) is 9.29. The summed E-state index contributed by atoms with van der Waals surface area (Å²) in [6, 6.07) is 0. The Balaban J connectivity index is -0.000000333. The average molecular weight is 339 g/mol. The summed E-state index contributed by atoms with van der Waals surface area (Å²) in [7, 11) is 0. The van der Waals surface area contributed by atoms with E-state index in [2.05, 4.69) is 27.7 Å². The molecule has 76 valence electrons. The molecule has 0 nitrogen and oxygen atoms in total. The summed E-state index contributed by atoms with van der Waals surface area (Å²) in [5.41, 5.74) is 4.18. The molecule has 5 heteroatoms. The molecular weight excluding hydrogens is 325 g/mol. The van der Waals surface area contributed by atoms with Gasteiger partial charge in [-0.05, 0) is 0 Å². The maximum Gasteiger partial charge on any atom is -1.00 e. The van der Waals surface area contributed by atoms with Crippen LogP contribution < -0.4 is 37.2 Å². The molecule has 1 aliphatic heterocycles. The molecule has 0 bridgehead atoms. The van der Waals surface area contributed by atoms with Crippen molar-refractivity contribution in [3.8, 4) is 0 Å².